The van der Waals surface area contributed by atoms with Gasteiger partial charge in [0, 0.05) is 19.6 Å². The van der Waals surface area contributed by atoms with E-state index in [2.05, 4.69) is 10.6 Å². The minimum Gasteiger partial charge on any atom is -0.481 e. The van der Waals surface area contributed by atoms with E-state index in [-0.39, 0.29) is 30.4 Å². The van der Waals surface area contributed by atoms with Crippen molar-refractivity contribution in [3.05, 3.63) is 0 Å². The Morgan fingerprint density at radius 1 is 1.58 bits per heavy atom. The maximum Gasteiger partial charge on any atom is 0.317 e. The van der Waals surface area contributed by atoms with E-state index < -0.39 is 11.9 Å². The molecule has 0 radical (unpaired) electrons. The zero-order valence-corrected chi connectivity index (χ0v) is 10.9. The van der Waals surface area contributed by atoms with Crippen LogP contribution in [0.5, 0.6) is 0 Å². The lowest BCUT2D eigenvalue weighted by atomic mass is 9.92. The van der Waals surface area contributed by atoms with Crippen LogP contribution in [0.3, 0.4) is 0 Å². The number of piperidine rings is 1. The third-order valence-electron chi connectivity index (χ3n) is 3.84. The predicted octanol–water partition coefficient (Wildman–Crippen LogP) is -0.373. The first kappa shape index (κ1) is 13.6. The number of nitrogens with zero attached hydrogens (tertiary/aromatic N) is 1. The molecule has 2 heterocycles. The molecule has 3 amide bonds. The van der Waals surface area contributed by atoms with Gasteiger partial charge >= 0.3 is 12.0 Å². The molecule has 2 rings (SSSR count). The van der Waals surface area contributed by atoms with E-state index in [1.165, 1.54) is 0 Å². The van der Waals surface area contributed by atoms with Crippen LogP contribution >= 0.6 is 0 Å². The second kappa shape index (κ2) is 5.46. The molecule has 0 saturated carbocycles. The van der Waals surface area contributed by atoms with Crippen molar-refractivity contribution < 1.29 is 19.5 Å². The van der Waals surface area contributed by atoms with Gasteiger partial charge in [-0.3, -0.25) is 9.59 Å². The zero-order chi connectivity index (χ0) is 14.0. The number of carbonyl (C=O) groups is 3. The molecular formula is C12H19N3O4. The number of carboxylic acid groups (broad SMARTS) is 1. The molecule has 2 aliphatic heterocycles. The summed E-state index contributed by atoms with van der Waals surface area (Å²) in [6.45, 7) is 2.75. The largest absolute Gasteiger partial charge is 0.481 e. The van der Waals surface area contributed by atoms with Crippen LogP contribution in [0, 0.1) is 11.8 Å². The fraction of sp³-hybridized carbons (Fsp3) is 0.750. The van der Waals surface area contributed by atoms with E-state index >= 15 is 0 Å². The lowest BCUT2D eigenvalue weighted by molar-refractivity contribution is -0.140. The van der Waals surface area contributed by atoms with Gasteiger partial charge < -0.3 is 20.6 Å². The molecular weight excluding hydrogens is 250 g/mol. The van der Waals surface area contributed by atoms with Gasteiger partial charge in [-0.1, -0.05) is 6.92 Å². The quantitative estimate of drug-likeness (QED) is 0.651. The molecule has 3 unspecified atom stereocenters. The highest BCUT2D eigenvalue weighted by Gasteiger charge is 2.42. The fourth-order valence-corrected chi connectivity index (χ4v) is 2.63. The van der Waals surface area contributed by atoms with Gasteiger partial charge in [0.05, 0.1) is 17.9 Å². The molecule has 19 heavy (non-hydrogen) atoms. The molecule has 7 heteroatoms. The van der Waals surface area contributed by atoms with Crippen LogP contribution < -0.4 is 10.6 Å². The summed E-state index contributed by atoms with van der Waals surface area (Å²) in [6, 6.07) is -0.374. The molecule has 0 aliphatic carbocycles. The first-order valence-electron chi connectivity index (χ1n) is 6.55. The van der Waals surface area contributed by atoms with Gasteiger partial charge in [-0.05, 0) is 12.8 Å². The van der Waals surface area contributed by atoms with Gasteiger partial charge in [0.1, 0.15) is 0 Å². The molecule has 0 aromatic rings. The number of amides is 3. The number of carbonyl (C=O) groups excluding carboxylic acids is 2. The number of likely N-dealkylation sites (tertiary alicyclic amines) is 1. The summed E-state index contributed by atoms with van der Waals surface area (Å²) in [4.78, 5) is 36.0. The molecule has 2 aliphatic rings. The lowest BCUT2D eigenvalue weighted by Crippen LogP contribution is -2.53. The average Bonchev–Trinajstić information content (AvgIpc) is 2.77. The summed E-state index contributed by atoms with van der Waals surface area (Å²) in [6.07, 6.45) is 1.61. The first-order valence-corrected chi connectivity index (χ1v) is 6.55. The Hall–Kier alpha value is -1.79. The summed E-state index contributed by atoms with van der Waals surface area (Å²) in [5, 5.41) is 14.2. The summed E-state index contributed by atoms with van der Waals surface area (Å²) in [5.41, 5.74) is 0. The molecule has 106 valence electrons. The number of fused-ring (bicyclic) bond motifs is 1. The maximum absolute atomic E-state index is 12.1. The van der Waals surface area contributed by atoms with Crippen LogP contribution in [0.1, 0.15) is 19.8 Å². The number of urea groups is 1. The normalized spacial score (nSPS) is 27.4. The van der Waals surface area contributed by atoms with Crippen LogP contribution in [0.25, 0.3) is 0 Å². The number of hydrogen-bond donors (Lipinski definition) is 3. The highest BCUT2D eigenvalue weighted by Crippen LogP contribution is 2.27. The summed E-state index contributed by atoms with van der Waals surface area (Å²) < 4.78 is 0. The summed E-state index contributed by atoms with van der Waals surface area (Å²) in [5.74, 6) is -1.65. The Morgan fingerprint density at radius 2 is 2.32 bits per heavy atom. The van der Waals surface area contributed by atoms with Crippen molar-refractivity contribution in [2.24, 2.45) is 11.8 Å². The summed E-state index contributed by atoms with van der Waals surface area (Å²) >= 11 is 0. The first-order chi connectivity index (χ1) is 9.00. The van der Waals surface area contributed by atoms with Crippen molar-refractivity contribution in [1.82, 2.24) is 15.5 Å². The Kier molecular flexibility index (Phi) is 3.92. The highest BCUT2D eigenvalue weighted by atomic mass is 16.4. The number of carboxylic acids is 1. The molecule has 0 aromatic carbocycles. The molecule has 7 nitrogen and oxygen atoms in total. The Labute approximate surface area is 111 Å². The smallest absolute Gasteiger partial charge is 0.317 e. The van der Waals surface area contributed by atoms with Crippen LogP contribution in [-0.4, -0.2) is 53.6 Å². The Balaban J connectivity index is 1.91. The van der Waals surface area contributed by atoms with Crippen LogP contribution in [-0.2, 0) is 9.59 Å². The molecule has 0 aromatic heterocycles. The minimum absolute atomic E-state index is 0.0152. The van der Waals surface area contributed by atoms with Gasteiger partial charge in [0.25, 0.3) is 0 Å². The van der Waals surface area contributed by atoms with Gasteiger partial charge in [-0.2, -0.15) is 0 Å². The third kappa shape index (κ3) is 2.80. The fourth-order valence-electron chi connectivity index (χ4n) is 2.63. The van der Waals surface area contributed by atoms with Crippen LogP contribution in [0.2, 0.25) is 0 Å². The maximum atomic E-state index is 12.1. The molecule has 0 spiro atoms. The molecule has 3 atom stereocenters. The van der Waals surface area contributed by atoms with Gasteiger partial charge in [0.15, 0.2) is 0 Å². The molecule has 2 saturated heterocycles. The van der Waals surface area contributed by atoms with Crippen molar-refractivity contribution in [2.75, 3.05) is 19.6 Å². The van der Waals surface area contributed by atoms with Crippen molar-refractivity contribution in [1.29, 1.82) is 0 Å². The minimum atomic E-state index is -0.936. The average molecular weight is 269 g/mol. The highest BCUT2D eigenvalue weighted by molar-refractivity contribution is 5.84. The number of nitrogens with one attached hydrogen (secondary N) is 2. The van der Waals surface area contributed by atoms with Crippen LogP contribution in [0.15, 0.2) is 0 Å². The van der Waals surface area contributed by atoms with Crippen molar-refractivity contribution in [2.45, 2.75) is 25.8 Å². The van der Waals surface area contributed by atoms with E-state index in [4.69, 9.17) is 5.11 Å². The van der Waals surface area contributed by atoms with E-state index in [1.54, 1.807) is 11.8 Å². The second-order valence-electron chi connectivity index (χ2n) is 5.18. The van der Waals surface area contributed by atoms with E-state index in [0.29, 0.717) is 13.1 Å². The van der Waals surface area contributed by atoms with Gasteiger partial charge in [-0.15, -0.1) is 0 Å². The van der Waals surface area contributed by atoms with Gasteiger partial charge in [0.2, 0.25) is 5.91 Å². The van der Waals surface area contributed by atoms with Crippen molar-refractivity contribution >= 4 is 17.9 Å². The van der Waals surface area contributed by atoms with Crippen molar-refractivity contribution in [3.63, 3.8) is 0 Å². The SMILES string of the molecule is CC(CNC(=O)N1CCCC2C(=O)NCC21)C(=O)O. The summed E-state index contributed by atoms with van der Waals surface area (Å²) in [7, 11) is 0. The molecule has 0 bridgehead atoms. The number of hydrogen-bond acceptors (Lipinski definition) is 3. The Bertz CT molecular complexity index is 398. The topological polar surface area (TPSA) is 98.7 Å². The molecule has 3 N–H and O–H groups in total. The van der Waals surface area contributed by atoms with E-state index in [1.807, 2.05) is 0 Å². The van der Waals surface area contributed by atoms with E-state index in [0.717, 1.165) is 12.8 Å². The standard InChI is InChI=1S/C12H19N3O4/c1-7(11(17)18)5-14-12(19)15-4-2-3-8-9(15)6-13-10(8)16/h7-9H,2-6H2,1H3,(H,13,16)(H,14,19)(H,17,18). The van der Waals surface area contributed by atoms with E-state index in [9.17, 15) is 14.4 Å². The second-order valence-corrected chi connectivity index (χ2v) is 5.18. The zero-order valence-electron chi connectivity index (χ0n) is 10.9. The number of rotatable bonds is 3. The predicted molar refractivity (Wildman–Crippen MR) is 66.4 cm³/mol. The lowest BCUT2D eigenvalue weighted by Gasteiger charge is -2.35. The van der Waals surface area contributed by atoms with Crippen molar-refractivity contribution in [3.8, 4) is 0 Å². The monoisotopic (exact) mass is 269 g/mol. The number of aliphatic carboxylic acids is 1. The van der Waals surface area contributed by atoms with Crippen LogP contribution in [0.4, 0.5) is 4.79 Å². The Morgan fingerprint density at radius 3 is 3.00 bits per heavy atom. The third-order valence-corrected chi connectivity index (χ3v) is 3.84. The van der Waals surface area contributed by atoms with Gasteiger partial charge in [-0.25, -0.2) is 4.79 Å². The molecule has 2 fully saturated rings.